The number of amides is 1. The van der Waals surface area contributed by atoms with Crippen molar-refractivity contribution in [1.82, 2.24) is 4.98 Å². The number of para-hydroxylation sites is 2. The van der Waals surface area contributed by atoms with E-state index in [2.05, 4.69) is 10.3 Å². The molecule has 0 aliphatic carbocycles. The smallest absolute Gasteiger partial charge is 0.259 e. The Morgan fingerprint density at radius 3 is 2.79 bits per heavy atom. The van der Waals surface area contributed by atoms with Crippen molar-refractivity contribution < 1.29 is 9.53 Å². The van der Waals surface area contributed by atoms with E-state index in [0.29, 0.717) is 22.7 Å². The van der Waals surface area contributed by atoms with Gasteiger partial charge in [-0.05, 0) is 25.1 Å². The molecule has 0 bridgehead atoms. The van der Waals surface area contributed by atoms with E-state index in [4.69, 9.17) is 10.5 Å². The first kappa shape index (κ1) is 12.9. The molecule has 0 aliphatic heterocycles. The first-order valence-electron chi connectivity index (χ1n) is 5.78. The quantitative estimate of drug-likeness (QED) is 0.884. The van der Waals surface area contributed by atoms with E-state index in [0.717, 1.165) is 5.69 Å². The molecule has 19 heavy (non-hydrogen) atoms. The molecule has 0 unspecified atom stereocenters. The molecule has 2 rings (SSSR count). The van der Waals surface area contributed by atoms with E-state index in [-0.39, 0.29) is 5.91 Å². The summed E-state index contributed by atoms with van der Waals surface area (Å²) < 4.78 is 5.17. The van der Waals surface area contributed by atoms with Gasteiger partial charge in [0.1, 0.15) is 5.75 Å². The second kappa shape index (κ2) is 5.39. The number of nitrogens with one attached hydrogen (secondary N) is 1. The first-order valence-corrected chi connectivity index (χ1v) is 5.78. The van der Waals surface area contributed by atoms with Gasteiger partial charge in [0, 0.05) is 17.6 Å². The number of benzene rings is 1. The highest BCUT2D eigenvalue weighted by Crippen LogP contribution is 2.24. The summed E-state index contributed by atoms with van der Waals surface area (Å²) in [7, 11) is 1.55. The van der Waals surface area contributed by atoms with Gasteiger partial charge in [0.2, 0.25) is 0 Å². The predicted molar refractivity (Wildman–Crippen MR) is 74.3 cm³/mol. The minimum Gasteiger partial charge on any atom is -0.495 e. The summed E-state index contributed by atoms with van der Waals surface area (Å²) in [4.78, 5) is 16.2. The number of anilines is 2. The van der Waals surface area contributed by atoms with Crippen molar-refractivity contribution in [2.45, 2.75) is 6.92 Å². The lowest BCUT2D eigenvalue weighted by molar-refractivity contribution is 0.102. The number of hydrogen-bond acceptors (Lipinski definition) is 4. The summed E-state index contributed by atoms with van der Waals surface area (Å²) in [6, 6.07) is 8.84. The van der Waals surface area contributed by atoms with Gasteiger partial charge in [-0.2, -0.15) is 0 Å². The zero-order valence-corrected chi connectivity index (χ0v) is 10.8. The fraction of sp³-hybridized carbons (Fsp3) is 0.143. The fourth-order valence-electron chi connectivity index (χ4n) is 1.71. The first-order chi connectivity index (χ1) is 9.11. The molecule has 2 aromatic rings. The normalized spacial score (nSPS) is 10.0. The number of methoxy groups -OCH3 is 1. The molecule has 98 valence electrons. The maximum Gasteiger partial charge on any atom is 0.259 e. The van der Waals surface area contributed by atoms with Crippen LogP contribution in [0, 0.1) is 6.92 Å². The van der Waals surface area contributed by atoms with Gasteiger partial charge in [-0.1, -0.05) is 12.1 Å². The van der Waals surface area contributed by atoms with Crippen LogP contribution in [0.2, 0.25) is 0 Å². The summed E-state index contributed by atoms with van der Waals surface area (Å²) in [5, 5.41) is 2.75. The second-order valence-corrected chi connectivity index (χ2v) is 4.07. The third-order valence-electron chi connectivity index (χ3n) is 2.67. The Labute approximate surface area is 111 Å². The summed E-state index contributed by atoms with van der Waals surface area (Å²) in [6.45, 7) is 1.82. The topological polar surface area (TPSA) is 77.2 Å². The van der Waals surface area contributed by atoms with Crippen molar-refractivity contribution in [2.24, 2.45) is 0 Å². The summed E-state index contributed by atoms with van der Waals surface area (Å²) in [5.41, 5.74) is 7.92. The van der Waals surface area contributed by atoms with Gasteiger partial charge in [-0.25, -0.2) is 0 Å². The Hall–Kier alpha value is -2.56. The van der Waals surface area contributed by atoms with Gasteiger partial charge in [-0.15, -0.1) is 0 Å². The Morgan fingerprint density at radius 1 is 1.37 bits per heavy atom. The fourth-order valence-corrected chi connectivity index (χ4v) is 1.71. The molecule has 0 saturated carbocycles. The van der Waals surface area contributed by atoms with Gasteiger partial charge >= 0.3 is 0 Å². The van der Waals surface area contributed by atoms with Crippen LogP contribution >= 0.6 is 0 Å². The Bertz CT molecular complexity index is 611. The minimum absolute atomic E-state index is 0.311. The van der Waals surface area contributed by atoms with E-state index < -0.39 is 0 Å². The minimum atomic E-state index is -0.311. The van der Waals surface area contributed by atoms with Crippen LogP contribution in [0.15, 0.2) is 36.5 Å². The largest absolute Gasteiger partial charge is 0.495 e. The van der Waals surface area contributed by atoms with E-state index in [1.54, 1.807) is 25.3 Å². The molecule has 5 nitrogen and oxygen atoms in total. The number of nitrogen functional groups attached to an aromatic ring is 1. The van der Waals surface area contributed by atoms with Crippen LogP contribution in [-0.4, -0.2) is 18.0 Å². The molecule has 1 amide bonds. The van der Waals surface area contributed by atoms with Gasteiger partial charge in [0.15, 0.2) is 0 Å². The predicted octanol–water partition coefficient (Wildman–Crippen LogP) is 2.23. The summed E-state index contributed by atoms with van der Waals surface area (Å²) in [6.07, 6.45) is 1.47. The molecule has 1 aromatic carbocycles. The number of ether oxygens (including phenoxy) is 1. The Morgan fingerprint density at radius 2 is 2.11 bits per heavy atom. The molecule has 1 aromatic heterocycles. The lowest BCUT2D eigenvalue weighted by Crippen LogP contribution is -2.15. The molecule has 0 fully saturated rings. The van der Waals surface area contributed by atoms with E-state index in [9.17, 15) is 4.79 Å². The summed E-state index contributed by atoms with van der Waals surface area (Å²) >= 11 is 0. The number of nitrogens with two attached hydrogens (primary N) is 1. The van der Waals surface area contributed by atoms with Crippen molar-refractivity contribution in [2.75, 3.05) is 18.2 Å². The van der Waals surface area contributed by atoms with Crippen LogP contribution in [0.5, 0.6) is 5.75 Å². The van der Waals surface area contributed by atoms with Crippen LogP contribution in [0.25, 0.3) is 0 Å². The highest BCUT2D eigenvalue weighted by Gasteiger charge is 2.12. The van der Waals surface area contributed by atoms with Crippen molar-refractivity contribution in [1.29, 1.82) is 0 Å². The average Bonchev–Trinajstić information content (AvgIpc) is 2.39. The lowest BCUT2D eigenvalue weighted by atomic mass is 10.2. The number of rotatable bonds is 3. The zero-order valence-electron chi connectivity index (χ0n) is 10.8. The maximum absolute atomic E-state index is 12.1. The molecule has 0 radical (unpaired) electrons. The molecule has 0 aliphatic rings. The van der Waals surface area contributed by atoms with Crippen molar-refractivity contribution in [3.8, 4) is 5.75 Å². The number of aromatic nitrogens is 1. The summed E-state index contributed by atoms with van der Waals surface area (Å²) in [5.74, 6) is 0.281. The van der Waals surface area contributed by atoms with Crippen LogP contribution in [0.1, 0.15) is 16.1 Å². The van der Waals surface area contributed by atoms with Crippen LogP contribution in [0.3, 0.4) is 0 Å². The van der Waals surface area contributed by atoms with Gasteiger partial charge in [0.05, 0.1) is 18.4 Å². The number of nitrogens with zero attached hydrogens (tertiary/aromatic N) is 1. The zero-order chi connectivity index (χ0) is 13.8. The lowest BCUT2D eigenvalue weighted by Gasteiger charge is -2.10. The third-order valence-corrected chi connectivity index (χ3v) is 2.67. The highest BCUT2D eigenvalue weighted by atomic mass is 16.5. The number of hydrogen-bond donors (Lipinski definition) is 2. The molecule has 0 saturated heterocycles. The molecule has 1 heterocycles. The Kier molecular flexibility index (Phi) is 3.66. The molecular formula is C14H15N3O2. The number of aryl methyl sites for hydroxylation is 1. The second-order valence-electron chi connectivity index (χ2n) is 4.07. The van der Waals surface area contributed by atoms with Crippen molar-refractivity contribution in [3.05, 3.63) is 47.8 Å². The standard InChI is InChI=1S/C14H15N3O2/c1-9-7-11(15)10(8-16-9)14(18)17-12-5-3-4-6-13(12)19-2/h3-8H,1-2H3,(H2,15,16)(H,17,18). The molecule has 0 spiro atoms. The van der Waals surface area contributed by atoms with Crippen molar-refractivity contribution in [3.63, 3.8) is 0 Å². The SMILES string of the molecule is COc1ccccc1NC(=O)c1cnc(C)cc1N. The highest BCUT2D eigenvalue weighted by molar-refractivity contribution is 6.08. The Balaban J connectivity index is 2.26. The van der Waals surface area contributed by atoms with Crippen LogP contribution < -0.4 is 15.8 Å². The van der Waals surface area contributed by atoms with Gasteiger partial charge in [0.25, 0.3) is 5.91 Å². The maximum atomic E-state index is 12.1. The molecule has 3 N–H and O–H groups in total. The third kappa shape index (κ3) is 2.82. The van der Waals surface area contributed by atoms with Crippen LogP contribution in [-0.2, 0) is 0 Å². The average molecular weight is 257 g/mol. The van der Waals surface area contributed by atoms with E-state index >= 15 is 0 Å². The number of pyridine rings is 1. The van der Waals surface area contributed by atoms with Gasteiger partial charge in [-0.3, -0.25) is 9.78 Å². The molecule has 0 atom stereocenters. The van der Waals surface area contributed by atoms with Crippen molar-refractivity contribution >= 4 is 17.3 Å². The number of carbonyl (C=O) groups excluding carboxylic acids is 1. The van der Waals surface area contributed by atoms with Gasteiger partial charge < -0.3 is 15.8 Å². The molecular weight excluding hydrogens is 242 g/mol. The number of carbonyl (C=O) groups is 1. The van der Waals surface area contributed by atoms with E-state index in [1.807, 2.05) is 19.1 Å². The monoisotopic (exact) mass is 257 g/mol. The molecule has 5 heteroatoms. The van der Waals surface area contributed by atoms with Crippen LogP contribution in [0.4, 0.5) is 11.4 Å². The van der Waals surface area contributed by atoms with E-state index in [1.165, 1.54) is 6.20 Å².